The van der Waals surface area contributed by atoms with E-state index < -0.39 is 10.0 Å². The van der Waals surface area contributed by atoms with Gasteiger partial charge in [-0.15, -0.1) is 0 Å². The van der Waals surface area contributed by atoms with Crippen LogP contribution in [0.25, 0.3) is 0 Å². The van der Waals surface area contributed by atoms with Crippen molar-refractivity contribution >= 4 is 21.4 Å². The van der Waals surface area contributed by atoms with Gasteiger partial charge >= 0.3 is 0 Å². The van der Waals surface area contributed by atoms with E-state index in [0.29, 0.717) is 16.9 Å². The number of sulfonamides is 1. The third-order valence-electron chi connectivity index (χ3n) is 3.27. The number of nitrogen functional groups attached to an aromatic ring is 1. The molecule has 1 unspecified atom stereocenters. The molecule has 0 spiro atoms. The molecule has 0 radical (unpaired) electrons. The van der Waals surface area contributed by atoms with Crippen LogP contribution >= 0.6 is 0 Å². The molecule has 21 heavy (non-hydrogen) atoms. The molecule has 2 rings (SSSR count). The van der Waals surface area contributed by atoms with E-state index in [-0.39, 0.29) is 10.9 Å². The molecule has 0 fully saturated rings. The fraction of sp³-hybridized carbons (Fsp3) is 0.214. The highest BCUT2D eigenvalue weighted by atomic mass is 32.2. The summed E-state index contributed by atoms with van der Waals surface area (Å²) in [5.74, 6) is 0. The number of hydrogen-bond donors (Lipinski definition) is 3. The van der Waals surface area contributed by atoms with Gasteiger partial charge in [0, 0.05) is 29.8 Å². The molecule has 0 aliphatic carbocycles. The zero-order valence-electron chi connectivity index (χ0n) is 11.9. The van der Waals surface area contributed by atoms with Crippen molar-refractivity contribution in [3.8, 4) is 0 Å². The standard InChI is InChI=1S/C14H18N4O2S/c1-9-13(7-12(15)8-14(9)21(16,19)20)18-10(2)11-3-5-17-6-4-11/h3-8,10,18H,15H2,1-2H3,(H2,16,19,20). The van der Waals surface area contributed by atoms with E-state index in [4.69, 9.17) is 10.9 Å². The van der Waals surface area contributed by atoms with Crippen LogP contribution in [0.5, 0.6) is 0 Å². The molecule has 0 saturated carbocycles. The predicted octanol–water partition coefficient (Wildman–Crippen LogP) is 1.79. The lowest BCUT2D eigenvalue weighted by Crippen LogP contribution is -2.16. The molecule has 2 aromatic rings. The molecule has 0 aliphatic heterocycles. The number of hydrogen-bond acceptors (Lipinski definition) is 5. The number of nitrogens with one attached hydrogen (secondary N) is 1. The number of aromatic nitrogens is 1. The van der Waals surface area contributed by atoms with Crippen molar-refractivity contribution in [2.24, 2.45) is 5.14 Å². The fourth-order valence-corrected chi connectivity index (χ4v) is 2.96. The Balaban J connectivity index is 2.39. The molecule has 1 atom stereocenters. The zero-order valence-corrected chi connectivity index (χ0v) is 12.7. The van der Waals surface area contributed by atoms with Gasteiger partial charge in [-0.05, 0) is 49.2 Å². The molecule has 7 heteroatoms. The maximum Gasteiger partial charge on any atom is 0.238 e. The minimum absolute atomic E-state index is 0.0261. The zero-order chi connectivity index (χ0) is 15.6. The third kappa shape index (κ3) is 3.50. The van der Waals surface area contributed by atoms with Crippen molar-refractivity contribution in [1.82, 2.24) is 4.98 Å². The third-order valence-corrected chi connectivity index (χ3v) is 4.30. The SMILES string of the molecule is Cc1c(NC(C)c2ccncc2)cc(N)cc1S(N)(=O)=O. The first-order valence-electron chi connectivity index (χ1n) is 6.38. The molecule has 0 aliphatic rings. The maximum atomic E-state index is 11.6. The summed E-state index contributed by atoms with van der Waals surface area (Å²) in [6, 6.07) is 6.82. The Morgan fingerprint density at radius 3 is 2.43 bits per heavy atom. The van der Waals surface area contributed by atoms with Crippen molar-refractivity contribution < 1.29 is 8.42 Å². The molecule has 5 N–H and O–H groups in total. The summed E-state index contributed by atoms with van der Waals surface area (Å²) in [5.41, 5.74) is 8.33. The van der Waals surface area contributed by atoms with Gasteiger partial charge in [-0.25, -0.2) is 13.6 Å². The molecule has 1 aromatic carbocycles. The van der Waals surface area contributed by atoms with Gasteiger partial charge < -0.3 is 11.1 Å². The molecule has 0 saturated heterocycles. The monoisotopic (exact) mass is 306 g/mol. The molecule has 6 nitrogen and oxygen atoms in total. The second kappa shape index (κ2) is 5.71. The highest BCUT2D eigenvalue weighted by Crippen LogP contribution is 2.29. The Labute approximate surface area is 124 Å². The Bertz CT molecular complexity index is 745. The van der Waals surface area contributed by atoms with Crippen molar-refractivity contribution in [3.05, 3.63) is 47.8 Å². The quantitative estimate of drug-likeness (QED) is 0.746. The second-order valence-corrected chi connectivity index (χ2v) is 6.41. The van der Waals surface area contributed by atoms with Gasteiger partial charge in [-0.2, -0.15) is 0 Å². The maximum absolute atomic E-state index is 11.6. The average Bonchev–Trinajstić information content (AvgIpc) is 2.42. The summed E-state index contributed by atoms with van der Waals surface area (Å²) in [4.78, 5) is 4.00. The Morgan fingerprint density at radius 1 is 1.24 bits per heavy atom. The van der Waals surface area contributed by atoms with Crippen LogP contribution in [0.2, 0.25) is 0 Å². The molecule has 112 valence electrons. The summed E-state index contributed by atoms with van der Waals surface area (Å²) in [5, 5.41) is 8.47. The van der Waals surface area contributed by atoms with Crippen LogP contribution in [0.1, 0.15) is 24.1 Å². The van der Waals surface area contributed by atoms with Crippen LogP contribution in [0.4, 0.5) is 11.4 Å². The summed E-state index contributed by atoms with van der Waals surface area (Å²) in [7, 11) is -3.81. The molecule has 1 aromatic heterocycles. The van der Waals surface area contributed by atoms with Gasteiger partial charge in [0.2, 0.25) is 10.0 Å². The molecule has 0 bridgehead atoms. The highest BCUT2D eigenvalue weighted by Gasteiger charge is 2.16. The van der Waals surface area contributed by atoms with Gasteiger partial charge in [-0.3, -0.25) is 4.98 Å². The lowest BCUT2D eigenvalue weighted by atomic mass is 10.1. The number of primary sulfonamides is 1. The number of nitrogens with two attached hydrogens (primary N) is 2. The van der Waals surface area contributed by atoms with Crippen molar-refractivity contribution in [2.75, 3.05) is 11.1 Å². The van der Waals surface area contributed by atoms with Crippen LogP contribution in [0, 0.1) is 6.92 Å². The second-order valence-electron chi connectivity index (χ2n) is 4.88. The van der Waals surface area contributed by atoms with Gasteiger partial charge in [-0.1, -0.05) is 0 Å². The van der Waals surface area contributed by atoms with Gasteiger partial charge in [0.1, 0.15) is 0 Å². The summed E-state index contributed by atoms with van der Waals surface area (Å²) < 4.78 is 23.2. The molecular weight excluding hydrogens is 288 g/mol. The van der Waals surface area contributed by atoms with E-state index in [9.17, 15) is 8.42 Å². The Hall–Kier alpha value is -2.12. The lowest BCUT2D eigenvalue weighted by Gasteiger charge is -2.19. The van der Waals surface area contributed by atoms with Gasteiger partial charge in [0.25, 0.3) is 0 Å². The van der Waals surface area contributed by atoms with Crippen LogP contribution in [-0.2, 0) is 10.0 Å². The van der Waals surface area contributed by atoms with Crippen molar-refractivity contribution in [2.45, 2.75) is 24.8 Å². The highest BCUT2D eigenvalue weighted by molar-refractivity contribution is 7.89. The van der Waals surface area contributed by atoms with Crippen LogP contribution in [0.3, 0.4) is 0 Å². The summed E-state index contributed by atoms with van der Waals surface area (Å²) in [6.07, 6.45) is 3.41. The fourth-order valence-electron chi connectivity index (χ4n) is 2.12. The minimum Gasteiger partial charge on any atom is -0.399 e. The summed E-state index contributed by atoms with van der Waals surface area (Å²) >= 11 is 0. The topological polar surface area (TPSA) is 111 Å². The Morgan fingerprint density at radius 2 is 1.86 bits per heavy atom. The molecule has 1 heterocycles. The normalized spacial score (nSPS) is 12.9. The first-order chi connectivity index (χ1) is 9.79. The first-order valence-corrected chi connectivity index (χ1v) is 7.93. The number of pyridine rings is 1. The van der Waals surface area contributed by atoms with Gasteiger partial charge in [0.05, 0.1) is 4.90 Å². The molecular formula is C14H18N4O2S. The number of nitrogens with zero attached hydrogens (tertiary/aromatic N) is 1. The predicted molar refractivity (Wildman–Crippen MR) is 83.2 cm³/mol. The molecule has 0 amide bonds. The first kappa shape index (κ1) is 15.3. The van der Waals surface area contributed by atoms with E-state index in [1.54, 1.807) is 25.4 Å². The van der Waals surface area contributed by atoms with Crippen molar-refractivity contribution in [3.63, 3.8) is 0 Å². The van der Waals surface area contributed by atoms with E-state index in [2.05, 4.69) is 10.3 Å². The van der Waals surface area contributed by atoms with E-state index in [0.717, 1.165) is 5.56 Å². The smallest absolute Gasteiger partial charge is 0.238 e. The lowest BCUT2D eigenvalue weighted by molar-refractivity contribution is 0.597. The van der Waals surface area contributed by atoms with Crippen molar-refractivity contribution in [1.29, 1.82) is 0 Å². The largest absolute Gasteiger partial charge is 0.399 e. The number of anilines is 2. The summed E-state index contributed by atoms with van der Waals surface area (Å²) in [6.45, 7) is 3.66. The average molecular weight is 306 g/mol. The van der Waals surface area contributed by atoms with Crippen LogP contribution in [0.15, 0.2) is 41.6 Å². The number of rotatable bonds is 4. The number of benzene rings is 1. The van der Waals surface area contributed by atoms with Gasteiger partial charge in [0.15, 0.2) is 0 Å². The van der Waals surface area contributed by atoms with E-state index in [1.807, 2.05) is 19.1 Å². The van der Waals surface area contributed by atoms with Crippen LogP contribution in [-0.4, -0.2) is 13.4 Å². The Kier molecular flexibility index (Phi) is 4.15. The van der Waals surface area contributed by atoms with Crippen LogP contribution < -0.4 is 16.2 Å². The minimum atomic E-state index is -3.81. The van der Waals surface area contributed by atoms with E-state index >= 15 is 0 Å². The van der Waals surface area contributed by atoms with E-state index in [1.165, 1.54) is 6.07 Å².